The minimum absolute atomic E-state index is 0.121. The van der Waals surface area contributed by atoms with E-state index in [1.807, 2.05) is 0 Å². The molecular formula is C12H19BrO2. The van der Waals surface area contributed by atoms with Gasteiger partial charge in [0.25, 0.3) is 0 Å². The van der Waals surface area contributed by atoms with Gasteiger partial charge >= 0.3 is 5.97 Å². The predicted molar refractivity (Wildman–Crippen MR) is 62.9 cm³/mol. The van der Waals surface area contributed by atoms with Gasteiger partial charge in [-0.3, -0.25) is 4.79 Å². The molecule has 2 rings (SSSR count). The van der Waals surface area contributed by atoms with E-state index in [2.05, 4.69) is 36.7 Å². The Hall–Kier alpha value is -0.0500. The van der Waals surface area contributed by atoms with E-state index in [9.17, 15) is 4.79 Å². The van der Waals surface area contributed by atoms with E-state index < -0.39 is 0 Å². The summed E-state index contributed by atoms with van der Waals surface area (Å²) in [4.78, 5) is 11.3. The second-order valence-corrected chi connectivity index (χ2v) is 6.28. The molecule has 0 spiro atoms. The smallest absolute Gasteiger partial charge is 0.316 e. The molecule has 3 atom stereocenters. The van der Waals surface area contributed by atoms with Gasteiger partial charge in [0.2, 0.25) is 0 Å². The summed E-state index contributed by atoms with van der Waals surface area (Å²) >= 11 is 3.15. The van der Waals surface area contributed by atoms with Crippen LogP contribution in [0.5, 0.6) is 0 Å². The van der Waals surface area contributed by atoms with Gasteiger partial charge in [-0.1, -0.05) is 36.7 Å². The number of fused-ring (bicyclic) bond motifs is 2. The number of hydrogen-bond donors (Lipinski definition) is 0. The topological polar surface area (TPSA) is 26.3 Å². The van der Waals surface area contributed by atoms with E-state index in [0.717, 1.165) is 12.3 Å². The second-order valence-electron chi connectivity index (χ2n) is 5.72. The van der Waals surface area contributed by atoms with Gasteiger partial charge in [0, 0.05) is 5.41 Å². The SMILES string of the molecule is CC1(C)C2CC[C@]1(C)[C@H](OC(=O)CBr)C2. The normalized spacial score (nSPS) is 41.9. The van der Waals surface area contributed by atoms with E-state index in [1.165, 1.54) is 12.8 Å². The molecule has 2 aliphatic carbocycles. The molecule has 0 N–H and O–H groups in total. The van der Waals surface area contributed by atoms with Gasteiger partial charge in [0.1, 0.15) is 11.4 Å². The maximum atomic E-state index is 11.3. The number of alkyl halides is 1. The molecule has 86 valence electrons. The van der Waals surface area contributed by atoms with E-state index in [-0.39, 0.29) is 17.5 Å². The Balaban J connectivity index is 2.15. The van der Waals surface area contributed by atoms with Gasteiger partial charge in [0.15, 0.2) is 0 Å². The van der Waals surface area contributed by atoms with Crippen LogP contribution in [0.4, 0.5) is 0 Å². The lowest BCUT2D eigenvalue weighted by Crippen LogP contribution is -2.38. The van der Waals surface area contributed by atoms with Crippen LogP contribution in [-0.2, 0) is 9.53 Å². The molecule has 0 heterocycles. The van der Waals surface area contributed by atoms with Crippen LogP contribution in [0.25, 0.3) is 0 Å². The number of ether oxygens (including phenoxy) is 1. The Morgan fingerprint density at radius 2 is 2.13 bits per heavy atom. The quantitative estimate of drug-likeness (QED) is 0.571. The highest BCUT2D eigenvalue weighted by Crippen LogP contribution is 2.66. The molecule has 2 nitrogen and oxygen atoms in total. The highest BCUT2D eigenvalue weighted by atomic mass is 79.9. The van der Waals surface area contributed by atoms with Crippen molar-refractivity contribution in [1.82, 2.24) is 0 Å². The van der Waals surface area contributed by atoms with Gasteiger partial charge in [-0.05, 0) is 30.6 Å². The fourth-order valence-corrected chi connectivity index (χ4v) is 3.63. The van der Waals surface area contributed by atoms with Crippen LogP contribution in [0.2, 0.25) is 0 Å². The van der Waals surface area contributed by atoms with Gasteiger partial charge in [-0.2, -0.15) is 0 Å². The average molecular weight is 275 g/mol. The number of esters is 1. The van der Waals surface area contributed by atoms with Gasteiger partial charge in [-0.15, -0.1) is 0 Å². The van der Waals surface area contributed by atoms with Crippen molar-refractivity contribution in [1.29, 1.82) is 0 Å². The third-order valence-corrected chi connectivity index (χ3v) is 5.55. The van der Waals surface area contributed by atoms with Crippen molar-refractivity contribution in [3.8, 4) is 0 Å². The molecule has 0 amide bonds. The van der Waals surface area contributed by atoms with Crippen molar-refractivity contribution >= 4 is 21.9 Å². The Kier molecular flexibility index (Phi) is 2.65. The third-order valence-electron chi connectivity index (χ3n) is 5.10. The summed E-state index contributed by atoms with van der Waals surface area (Å²) in [5.41, 5.74) is 0.514. The van der Waals surface area contributed by atoms with Crippen LogP contribution in [0.15, 0.2) is 0 Å². The van der Waals surface area contributed by atoms with Crippen molar-refractivity contribution in [3.05, 3.63) is 0 Å². The molecule has 0 aliphatic heterocycles. The number of hydrogen-bond acceptors (Lipinski definition) is 2. The first-order valence-corrected chi connectivity index (χ1v) is 6.79. The fraction of sp³-hybridized carbons (Fsp3) is 0.917. The standard InChI is InChI=1S/C12H19BrO2/c1-11(2)8-4-5-12(11,3)9(6-8)15-10(14)7-13/h8-9H,4-7H2,1-3H3/t8?,9-,12-/m1/s1. The van der Waals surface area contributed by atoms with Gasteiger partial charge in [0.05, 0.1) is 0 Å². The molecule has 1 unspecified atom stereocenters. The molecule has 0 aromatic carbocycles. The number of carbonyl (C=O) groups is 1. The van der Waals surface area contributed by atoms with Crippen molar-refractivity contribution in [2.75, 3.05) is 5.33 Å². The summed E-state index contributed by atoms with van der Waals surface area (Å²) in [6, 6.07) is 0. The number of carbonyl (C=O) groups excluding carboxylic acids is 1. The number of halogens is 1. The minimum Gasteiger partial charge on any atom is -0.461 e. The molecule has 0 radical (unpaired) electrons. The lowest BCUT2D eigenvalue weighted by molar-refractivity contribution is -0.153. The zero-order valence-corrected chi connectivity index (χ0v) is 11.3. The molecule has 0 saturated heterocycles. The lowest BCUT2D eigenvalue weighted by Gasteiger charge is -2.38. The van der Waals surface area contributed by atoms with Crippen LogP contribution < -0.4 is 0 Å². The largest absolute Gasteiger partial charge is 0.461 e. The summed E-state index contributed by atoms with van der Waals surface area (Å²) in [6.45, 7) is 6.94. The van der Waals surface area contributed by atoms with Crippen LogP contribution in [0, 0.1) is 16.7 Å². The Labute approximate surface area is 99.9 Å². The predicted octanol–water partition coefficient (Wildman–Crippen LogP) is 3.14. The first-order valence-electron chi connectivity index (χ1n) is 5.67. The minimum atomic E-state index is -0.121. The van der Waals surface area contributed by atoms with Crippen molar-refractivity contribution in [3.63, 3.8) is 0 Å². The van der Waals surface area contributed by atoms with Crippen LogP contribution in [0.3, 0.4) is 0 Å². The maximum Gasteiger partial charge on any atom is 0.316 e. The van der Waals surface area contributed by atoms with Crippen molar-refractivity contribution < 1.29 is 9.53 Å². The zero-order chi connectivity index (χ0) is 11.3. The summed E-state index contributed by atoms with van der Waals surface area (Å²) in [5.74, 6) is 0.611. The first kappa shape index (κ1) is 11.4. The Bertz CT molecular complexity index is 287. The average Bonchev–Trinajstić information content (AvgIpc) is 2.50. The van der Waals surface area contributed by atoms with E-state index in [1.54, 1.807) is 0 Å². The summed E-state index contributed by atoms with van der Waals surface area (Å²) in [6.07, 6.45) is 3.69. The molecule has 0 aromatic heterocycles. The van der Waals surface area contributed by atoms with Gasteiger partial charge in [-0.25, -0.2) is 0 Å². The molecule has 2 fully saturated rings. The van der Waals surface area contributed by atoms with Crippen molar-refractivity contribution in [2.45, 2.75) is 46.1 Å². The van der Waals surface area contributed by atoms with Crippen molar-refractivity contribution in [2.24, 2.45) is 16.7 Å². The van der Waals surface area contributed by atoms with E-state index >= 15 is 0 Å². The summed E-state index contributed by atoms with van der Waals surface area (Å²) < 4.78 is 5.55. The molecule has 2 bridgehead atoms. The molecule has 2 saturated carbocycles. The molecule has 2 aliphatic rings. The van der Waals surface area contributed by atoms with Gasteiger partial charge < -0.3 is 4.74 Å². The maximum absolute atomic E-state index is 11.3. The first-order chi connectivity index (χ1) is 6.91. The monoisotopic (exact) mass is 274 g/mol. The fourth-order valence-electron chi connectivity index (χ4n) is 3.50. The molecule has 0 aromatic rings. The second kappa shape index (κ2) is 3.47. The highest BCUT2D eigenvalue weighted by Gasteiger charge is 2.62. The molecule has 3 heteroatoms. The highest BCUT2D eigenvalue weighted by molar-refractivity contribution is 9.09. The molecular weight excluding hydrogens is 256 g/mol. The zero-order valence-electron chi connectivity index (χ0n) is 9.68. The van der Waals surface area contributed by atoms with Crippen LogP contribution >= 0.6 is 15.9 Å². The number of rotatable bonds is 2. The van der Waals surface area contributed by atoms with E-state index in [0.29, 0.717) is 10.7 Å². The van der Waals surface area contributed by atoms with Crippen LogP contribution in [-0.4, -0.2) is 17.4 Å². The molecule has 15 heavy (non-hydrogen) atoms. The Morgan fingerprint density at radius 3 is 2.53 bits per heavy atom. The third kappa shape index (κ3) is 1.46. The summed E-state index contributed by atoms with van der Waals surface area (Å²) in [5, 5.41) is 0.310. The Morgan fingerprint density at radius 1 is 1.47 bits per heavy atom. The summed E-state index contributed by atoms with van der Waals surface area (Å²) in [7, 11) is 0. The van der Waals surface area contributed by atoms with E-state index in [4.69, 9.17) is 4.74 Å². The van der Waals surface area contributed by atoms with Crippen LogP contribution in [0.1, 0.15) is 40.0 Å². The lowest BCUT2D eigenvalue weighted by atomic mass is 9.70.